The first kappa shape index (κ1) is 15.2. The van der Waals surface area contributed by atoms with Gasteiger partial charge >= 0.3 is 35.7 Å². The van der Waals surface area contributed by atoms with Crippen molar-refractivity contribution in [1.82, 2.24) is 4.72 Å². The van der Waals surface area contributed by atoms with Crippen molar-refractivity contribution >= 4 is 21.8 Å². The summed E-state index contributed by atoms with van der Waals surface area (Å²) in [5, 5.41) is 0. The molecule has 0 aromatic heterocycles. The summed E-state index contributed by atoms with van der Waals surface area (Å²) in [4.78, 5) is 10.7. The molecule has 6 nitrogen and oxygen atoms in total. The van der Waals surface area contributed by atoms with Gasteiger partial charge in [-0.3, -0.25) is 0 Å². The summed E-state index contributed by atoms with van der Waals surface area (Å²) in [6.45, 7) is 0. The number of carbonyl (C=O) groups is 1. The van der Waals surface area contributed by atoms with E-state index in [-0.39, 0.29) is 35.9 Å². The second-order valence-electron chi connectivity index (χ2n) is 2.67. The molecule has 0 radical (unpaired) electrons. The van der Waals surface area contributed by atoms with Gasteiger partial charge in [-0.05, 0) is 24.3 Å². The van der Waals surface area contributed by atoms with E-state index in [4.69, 9.17) is 5.73 Å². The van der Waals surface area contributed by atoms with E-state index >= 15 is 0 Å². The van der Waals surface area contributed by atoms with Crippen LogP contribution in [0.5, 0.6) is 0 Å². The molecule has 16 heavy (non-hydrogen) atoms. The van der Waals surface area contributed by atoms with Gasteiger partial charge in [0.2, 0.25) is 0 Å². The first-order valence-electron chi connectivity index (χ1n) is 3.92. The zero-order valence-electron chi connectivity index (χ0n) is 9.93. The van der Waals surface area contributed by atoms with Gasteiger partial charge in [0, 0.05) is 5.69 Å². The minimum atomic E-state index is -3.87. The fourth-order valence-electron chi connectivity index (χ4n) is 0.857. The SMILES string of the molecule is COC(=O)NS(=O)(=O)c1ccc(N)cc1.[H-].[Na+]. The summed E-state index contributed by atoms with van der Waals surface area (Å²) >= 11 is 0. The zero-order valence-corrected chi connectivity index (χ0v) is 11.7. The van der Waals surface area contributed by atoms with Gasteiger partial charge in [0.05, 0.1) is 12.0 Å². The number of methoxy groups -OCH3 is 1. The number of carbonyl (C=O) groups excluding carboxylic acids is 1. The number of amides is 1. The van der Waals surface area contributed by atoms with Crippen molar-refractivity contribution in [2.24, 2.45) is 0 Å². The van der Waals surface area contributed by atoms with E-state index < -0.39 is 16.1 Å². The predicted molar refractivity (Wildman–Crippen MR) is 54.7 cm³/mol. The fraction of sp³-hybridized carbons (Fsp3) is 0.125. The Morgan fingerprint density at radius 2 is 1.88 bits per heavy atom. The fourth-order valence-corrected chi connectivity index (χ4v) is 1.77. The Kier molecular flexibility index (Phi) is 5.80. The van der Waals surface area contributed by atoms with Crippen LogP contribution in [0.4, 0.5) is 10.5 Å². The molecule has 8 heteroatoms. The van der Waals surface area contributed by atoms with Crippen molar-refractivity contribution in [3.63, 3.8) is 0 Å². The van der Waals surface area contributed by atoms with Gasteiger partial charge in [0.1, 0.15) is 0 Å². The number of anilines is 1. The summed E-state index contributed by atoms with van der Waals surface area (Å²) in [5.41, 5.74) is 5.83. The first-order valence-corrected chi connectivity index (χ1v) is 5.40. The Morgan fingerprint density at radius 3 is 2.31 bits per heavy atom. The number of nitrogen functional groups attached to an aromatic ring is 1. The van der Waals surface area contributed by atoms with Gasteiger partial charge in [0.15, 0.2) is 0 Å². The van der Waals surface area contributed by atoms with E-state index in [9.17, 15) is 13.2 Å². The largest absolute Gasteiger partial charge is 1.00 e. The topological polar surface area (TPSA) is 98.5 Å². The molecule has 1 rings (SSSR count). The summed E-state index contributed by atoms with van der Waals surface area (Å²) in [7, 11) is -2.79. The van der Waals surface area contributed by atoms with E-state index in [1.165, 1.54) is 24.3 Å². The van der Waals surface area contributed by atoms with Crippen molar-refractivity contribution in [2.75, 3.05) is 12.8 Å². The van der Waals surface area contributed by atoms with Gasteiger partial charge in [0.25, 0.3) is 10.0 Å². The van der Waals surface area contributed by atoms with Gasteiger partial charge < -0.3 is 11.9 Å². The molecule has 0 aliphatic heterocycles. The van der Waals surface area contributed by atoms with Gasteiger partial charge in [-0.15, -0.1) is 0 Å². The number of benzene rings is 1. The number of sulfonamides is 1. The Bertz CT molecular complexity index is 463. The third kappa shape index (κ3) is 4.01. The normalized spacial score (nSPS) is 10.1. The Morgan fingerprint density at radius 1 is 1.38 bits per heavy atom. The maximum atomic E-state index is 11.5. The molecular weight excluding hydrogens is 243 g/mol. The molecule has 0 saturated heterocycles. The van der Waals surface area contributed by atoms with Crippen LogP contribution in [0.25, 0.3) is 0 Å². The molecule has 1 amide bonds. The minimum Gasteiger partial charge on any atom is -1.00 e. The van der Waals surface area contributed by atoms with Crippen LogP contribution in [0.1, 0.15) is 1.43 Å². The van der Waals surface area contributed by atoms with Gasteiger partial charge in [-0.1, -0.05) is 0 Å². The van der Waals surface area contributed by atoms with Crippen LogP contribution >= 0.6 is 0 Å². The van der Waals surface area contributed by atoms with Crippen LogP contribution < -0.4 is 40.0 Å². The molecule has 1 aromatic carbocycles. The monoisotopic (exact) mass is 254 g/mol. The number of nitrogens with one attached hydrogen (secondary N) is 1. The summed E-state index contributed by atoms with van der Waals surface area (Å²) in [5.74, 6) is 0. The van der Waals surface area contributed by atoms with E-state index in [0.717, 1.165) is 7.11 Å². The molecule has 0 saturated carbocycles. The average Bonchev–Trinajstić information content (AvgIpc) is 2.17. The number of hydrogen-bond acceptors (Lipinski definition) is 5. The van der Waals surface area contributed by atoms with Crippen LogP contribution in [0.3, 0.4) is 0 Å². The van der Waals surface area contributed by atoms with E-state index in [1.807, 2.05) is 0 Å². The molecule has 0 aliphatic rings. The van der Waals surface area contributed by atoms with E-state index in [0.29, 0.717) is 5.69 Å². The van der Waals surface area contributed by atoms with Crippen molar-refractivity contribution in [2.45, 2.75) is 4.90 Å². The van der Waals surface area contributed by atoms with Gasteiger partial charge in [-0.2, -0.15) is 0 Å². The summed E-state index contributed by atoms with van der Waals surface area (Å²) in [6, 6.07) is 5.43. The van der Waals surface area contributed by atoms with Gasteiger partial charge in [-0.25, -0.2) is 17.9 Å². The quantitative estimate of drug-likeness (QED) is 0.446. The molecule has 0 unspecified atom stereocenters. The molecule has 0 fully saturated rings. The van der Waals surface area contributed by atoms with E-state index in [2.05, 4.69) is 4.74 Å². The van der Waals surface area contributed by atoms with Crippen molar-refractivity contribution in [3.8, 4) is 0 Å². The third-order valence-electron chi connectivity index (χ3n) is 1.59. The second kappa shape index (κ2) is 6.09. The van der Waals surface area contributed by atoms with Crippen LogP contribution in [0.15, 0.2) is 29.2 Å². The zero-order chi connectivity index (χ0) is 11.5. The molecule has 0 aliphatic carbocycles. The first-order chi connectivity index (χ1) is 6.95. The molecule has 84 valence electrons. The number of rotatable bonds is 2. The van der Waals surface area contributed by atoms with Crippen molar-refractivity contribution in [1.29, 1.82) is 0 Å². The standard InChI is InChI=1S/C8H10N2O4S.Na.H/c1-14-8(11)10-15(12,13)7-4-2-6(9)3-5-7;;/h2-5H,9H2,1H3,(H,10,11);;/q;+1;-1. The van der Waals surface area contributed by atoms with Crippen LogP contribution in [0.2, 0.25) is 0 Å². The number of hydrogen-bond donors (Lipinski definition) is 2. The number of nitrogens with two attached hydrogens (primary N) is 1. The van der Waals surface area contributed by atoms with Crippen LogP contribution in [-0.2, 0) is 14.8 Å². The third-order valence-corrected chi connectivity index (χ3v) is 2.92. The Balaban J connectivity index is 0. The maximum Gasteiger partial charge on any atom is 1.00 e. The molecule has 0 spiro atoms. The Labute approximate surface area is 117 Å². The minimum absolute atomic E-state index is 0. The van der Waals surface area contributed by atoms with Crippen LogP contribution in [0, 0.1) is 0 Å². The second-order valence-corrected chi connectivity index (χ2v) is 4.35. The van der Waals surface area contributed by atoms with Crippen LogP contribution in [-0.4, -0.2) is 21.6 Å². The molecule has 0 bridgehead atoms. The Hall–Kier alpha value is -0.760. The average molecular weight is 254 g/mol. The smallest absolute Gasteiger partial charge is 1.00 e. The van der Waals surface area contributed by atoms with E-state index in [1.54, 1.807) is 4.72 Å². The number of ether oxygens (including phenoxy) is 1. The summed E-state index contributed by atoms with van der Waals surface area (Å²) < 4.78 is 28.8. The molecule has 1 aromatic rings. The van der Waals surface area contributed by atoms with Crippen molar-refractivity contribution < 1.29 is 48.9 Å². The van der Waals surface area contributed by atoms with Crippen molar-refractivity contribution in [3.05, 3.63) is 24.3 Å². The molecule has 0 atom stereocenters. The predicted octanol–water partition coefficient (Wildman–Crippen LogP) is -2.57. The molecule has 3 N–H and O–H groups in total. The molecular formula is C8H11N2NaO4S. The molecule has 0 heterocycles. The maximum absolute atomic E-state index is 11.5. The summed E-state index contributed by atoms with van der Waals surface area (Å²) in [6.07, 6.45) is -1.04.